The van der Waals surface area contributed by atoms with Gasteiger partial charge in [0.05, 0.1) is 29.6 Å². The second kappa shape index (κ2) is 11.1. The molecule has 3 aromatic heterocycles. The minimum Gasteiger partial charge on any atom is -0.358 e. The molecule has 11 nitrogen and oxygen atoms in total. The highest BCUT2D eigenvalue weighted by atomic mass is 19.4. The van der Waals surface area contributed by atoms with E-state index in [0.29, 0.717) is 42.2 Å². The number of rotatable bonds is 7. The molecule has 14 heteroatoms. The molecule has 0 saturated carbocycles. The first-order chi connectivity index (χ1) is 22.1. The Kier molecular flexibility index (Phi) is 7.06. The molecule has 0 radical (unpaired) electrons. The number of likely N-dealkylation sites (tertiary alicyclic amines) is 1. The fraction of sp³-hybridized carbons (Fsp3) is 0.250. The molecule has 7 rings (SSSR count). The third-order valence-electron chi connectivity index (χ3n) is 8.36. The Balaban J connectivity index is 1.28. The van der Waals surface area contributed by atoms with Gasteiger partial charge in [0.15, 0.2) is 5.82 Å². The Labute approximate surface area is 261 Å². The van der Waals surface area contributed by atoms with Crippen LogP contribution in [0.4, 0.5) is 24.8 Å². The van der Waals surface area contributed by atoms with Crippen LogP contribution in [0.1, 0.15) is 33.5 Å². The fourth-order valence-electron chi connectivity index (χ4n) is 6.13. The number of fused-ring (bicyclic) bond motifs is 1. The van der Waals surface area contributed by atoms with Crippen LogP contribution in [0.15, 0.2) is 73.2 Å². The molecule has 0 bridgehead atoms. The maximum Gasteiger partial charge on any atom is 0.416 e. The lowest BCUT2D eigenvalue weighted by Gasteiger charge is -2.21. The number of nitrogens with one attached hydrogen (secondary N) is 1. The minimum absolute atomic E-state index is 0.0284. The van der Waals surface area contributed by atoms with Gasteiger partial charge < -0.3 is 14.8 Å². The van der Waals surface area contributed by atoms with E-state index in [1.807, 2.05) is 30.3 Å². The number of halogens is 3. The van der Waals surface area contributed by atoms with Crippen molar-refractivity contribution in [1.29, 1.82) is 0 Å². The zero-order valence-corrected chi connectivity index (χ0v) is 24.9. The lowest BCUT2D eigenvalue weighted by atomic mass is 10.0. The maximum absolute atomic E-state index is 13.9. The molecule has 1 atom stereocenters. The zero-order valence-electron chi connectivity index (χ0n) is 24.9. The Morgan fingerprint density at radius 3 is 2.54 bits per heavy atom. The molecule has 1 N–H and O–H groups in total. The SMILES string of the molecule is Cn1cnnc1-c1cnn(C)c1-c1cc(N[C@@H]2CCN(Cc3ccccc3)C2=O)nc(N2Cc3c(cccc3C(F)(F)F)C2=O)c1. The van der Waals surface area contributed by atoms with Crippen LogP contribution in [-0.2, 0) is 38.2 Å². The molecular weight excluding hydrogens is 599 g/mol. The molecular formula is C32H28F3N9O2. The summed E-state index contributed by atoms with van der Waals surface area (Å²) in [6, 6.07) is 16.1. The number of aryl methyl sites for hydroxylation is 2. The molecule has 1 fully saturated rings. The van der Waals surface area contributed by atoms with Gasteiger partial charge >= 0.3 is 6.18 Å². The topological polar surface area (TPSA) is 114 Å². The number of pyridine rings is 1. The van der Waals surface area contributed by atoms with E-state index in [1.54, 1.807) is 52.9 Å². The lowest BCUT2D eigenvalue weighted by Crippen LogP contribution is -2.33. The van der Waals surface area contributed by atoms with Crippen molar-refractivity contribution in [1.82, 2.24) is 34.4 Å². The minimum atomic E-state index is -4.63. The van der Waals surface area contributed by atoms with Crippen LogP contribution in [0.2, 0.25) is 0 Å². The van der Waals surface area contributed by atoms with E-state index in [1.165, 1.54) is 17.0 Å². The third kappa shape index (κ3) is 5.14. The van der Waals surface area contributed by atoms with Crippen molar-refractivity contribution in [2.45, 2.75) is 31.7 Å². The number of anilines is 2. The van der Waals surface area contributed by atoms with Crippen molar-refractivity contribution >= 4 is 23.5 Å². The van der Waals surface area contributed by atoms with Gasteiger partial charge in [0.1, 0.15) is 24.0 Å². The Bertz CT molecular complexity index is 1970. The average molecular weight is 628 g/mol. The largest absolute Gasteiger partial charge is 0.416 e. The van der Waals surface area contributed by atoms with Crippen LogP contribution < -0.4 is 10.2 Å². The summed E-state index contributed by atoms with van der Waals surface area (Å²) in [5, 5.41) is 15.9. The van der Waals surface area contributed by atoms with Gasteiger partial charge in [-0.3, -0.25) is 19.2 Å². The number of aromatic nitrogens is 6. The standard InChI is InChI=1S/C32H28F3N9O2/c1-41-18-36-40-29(41)22-15-37-42(2)28(22)20-13-26(38-25-11-12-43(31(25)46)16-19-7-4-3-5-8-19)39-27(14-20)44-17-23-21(30(44)45)9-6-10-24(23)32(33,34)35/h3-10,13-15,18,25H,11-12,16-17H2,1-2H3,(H,38,39)/t25-/m1/s1. The summed E-state index contributed by atoms with van der Waals surface area (Å²) in [7, 11) is 3.54. The van der Waals surface area contributed by atoms with E-state index in [4.69, 9.17) is 0 Å². The quantitative estimate of drug-likeness (QED) is 0.279. The Morgan fingerprint density at radius 2 is 1.80 bits per heavy atom. The molecule has 2 amide bonds. The Morgan fingerprint density at radius 1 is 1.00 bits per heavy atom. The number of amides is 2. The van der Waals surface area contributed by atoms with Crippen molar-refractivity contribution < 1.29 is 22.8 Å². The molecule has 1 saturated heterocycles. The molecule has 2 aliphatic rings. The van der Waals surface area contributed by atoms with E-state index in [9.17, 15) is 22.8 Å². The van der Waals surface area contributed by atoms with E-state index in [-0.39, 0.29) is 35.2 Å². The maximum atomic E-state index is 13.9. The number of hydrogen-bond acceptors (Lipinski definition) is 7. The lowest BCUT2D eigenvalue weighted by molar-refractivity contribution is -0.138. The van der Waals surface area contributed by atoms with Crippen LogP contribution in [-0.4, -0.2) is 58.8 Å². The molecule has 5 aromatic rings. The van der Waals surface area contributed by atoms with Crippen molar-refractivity contribution in [2.75, 3.05) is 16.8 Å². The van der Waals surface area contributed by atoms with E-state index in [2.05, 4.69) is 25.6 Å². The van der Waals surface area contributed by atoms with Gasteiger partial charge in [0, 0.05) is 38.3 Å². The zero-order chi connectivity index (χ0) is 32.2. The monoisotopic (exact) mass is 627 g/mol. The van der Waals surface area contributed by atoms with Crippen molar-refractivity contribution in [3.63, 3.8) is 0 Å². The van der Waals surface area contributed by atoms with Gasteiger partial charge in [0.25, 0.3) is 5.91 Å². The summed E-state index contributed by atoms with van der Waals surface area (Å²) >= 11 is 0. The van der Waals surface area contributed by atoms with Crippen molar-refractivity contribution in [2.24, 2.45) is 14.1 Å². The summed E-state index contributed by atoms with van der Waals surface area (Å²) in [6.07, 6.45) is -0.910. The van der Waals surface area contributed by atoms with Gasteiger partial charge in [-0.2, -0.15) is 18.3 Å². The first-order valence-electron chi connectivity index (χ1n) is 14.6. The summed E-state index contributed by atoms with van der Waals surface area (Å²) < 4.78 is 45.0. The molecule has 0 spiro atoms. The molecule has 46 heavy (non-hydrogen) atoms. The van der Waals surface area contributed by atoms with E-state index in [0.717, 1.165) is 11.6 Å². The van der Waals surface area contributed by atoms with Gasteiger partial charge in [-0.05, 0) is 41.8 Å². The number of nitrogens with zero attached hydrogens (tertiary/aromatic N) is 8. The van der Waals surface area contributed by atoms with Gasteiger partial charge in [-0.25, -0.2) is 4.98 Å². The smallest absolute Gasteiger partial charge is 0.358 e. The Hall–Kier alpha value is -5.53. The van der Waals surface area contributed by atoms with Crippen LogP contribution in [0.3, 0.4) is 0 Å². The predicted molar refractivity (Wildman–Crippen MR) is 162 cm³/mol. The van der Waals surface area contributed by atoms with Crippen LogP contribution >= 0.6 is 0 Å². The van der Waals surface area contributed by atoms with E-state index < -0.39 is 23.7 Å². The molecule has 0 aliphatic carbocycles. The van der Waals surface area contributed by atoms with Gasteiger partial charge in [-0.15, -0.1) is 10.2 Å². The number of carbonyl (C=O) groups is 2. The summed E-state index contributed by atoms with van der Waals surface area (Å²) in [5.74, 6) is 0.264. The number of carbonyl (C=O) groups excluding carboxylic acids is 2. The molecule has 2 aliphatic heterocycles. The predicted octanol–water partition coefficient (Wildman–Crippen LogP) is 4.67. The highest BCUT2D eigenvalue weighted by molar-refractivity contribution is 6.10. The number of alkyl halides is 3. The van der Waals surface area contributed by atoms with Crippen molar-refractivity contribution in [3.8, 4) is 22.6 Å². The molecule has 0 unspecified atom stereocenters. The summed E-state index contributed by atoms with van der Waals surface area (Å²) in [6.45, 7) is 0.694. The molecule has 2 aromatic carbocycles. The second-order valence-corrected chi connectivity index (χ2v) is 11.3. The van der Waals surface area contributed by atoms with Crippen molar-refractivity contribution in [3.05, 3.63) is 95.4 Å². The highest BCUT2D eigenvalue weighted by Gasteiger charge is 2.40. The van der Waals surface area contributed by atoms with Gasteiger partial charge in [0.2, 0.25) is 5.91 Å². The first-order valence-corrected chi connectivity index (χ1v) is 14.6. The second-order valence-electron chi connectivity index (χ2n) is 11.3. The molecule has 234 valence electrons. The summed E-state index contributed by atoms with van der Waals surface area (Å²) in [4.78, 5) is 34.7. The fourth-order valence-corrected chi connectivity index (χ4v) is 6.13. The first kappa shape index (κ1) is 29.2. The van der Waals surface area contributed by atoms with Gasteiger partial charge in [-0.1, -0.05) is 36.4 Å². The third-order valence-corrected chi connectivity index (χ3v) is 8.36. The highest BCUT2D eigenvalue weighted by Crippen LogP contribution is 2.40. The summed E-state index contributed by atoms with van der Waals surface area (Å²) in [5.41, 5.74) is 1.84. The van der Waals surface area contributed by atoms with Crippen LogP contribution in [0, 0.1) is 0 Å². The van der Waals surface area contributed by atoms with Crippen LogP contribution in [0.25, 0.3) is 22.6 Å². The normalized spacial score (nSPS) is 16.4. The molecule has 5 heterocycles. The average Bonchev–Trinajstić information content (AvgIpc) is 3.80. The van der Waals surface area contributed by atoms with Crippen LogP contribution in [0.5, 0.6) is 0 Å². The number of hydrogen-bond donors (Lipinski definition) is 1. The van der Waals surface area contributed by atoms with E-state index >= 15 is 0 Å². The number of benzene rings is 2.